The minimum Gasteiger partial charge on any atom is -0.545 e. The maximum Gasteiger partial charge on any atom is 1.00 e. The normalized spacial score (nSPS) is 14.0. The van der Waals surface area contributed by atoms with Gasteiger partial charge < -0.3 is 9.90 Å². The van der Waals surface area contributed by atoms with Gasteiger partial charge in [0.25, 0.3) is 10.1 Å². The maximum atomic E-state index is 10.5. The fourth-order valence-electron chi connectivity index (χ4n) is 0.590. The fourth-order valence-corrected chi connectivity index (χ4v) is 1.21. The van der Waals surface area contributed by atoms with Gasteiger partial charge in [0.05, 0.1) is 5.97 Å². The molecule has 1 atom stereocenters. The second kappa shape index (κ2) is 6.36. The van der Waals surface area contributed by atoms with E-state index in [4.69, 9.17) is 4.55 Å². The van der Waals surface area contributed by atoms with Crippen LogP contribution in [0.15, 0.2) is 24.3 Å². The molecule has 14 heavy (non-hydrogen) atoms. The largest absolute Gasteiger partial charge is 1.00 e. The Morgan fingerprint density at radius 1 is 1.57 bits per heavy atom. The number of rotatable bonds is 4. The van der Waals surface area contributed by atoms with Crippen molar-refractivity contribution in [3.8, 4) is 0 Å². The molecule has 0 spiro atoms. The van der Waals surface area contributed by atoms with E-state index in [0.717, 1.165) is 19.1 Å². The summed E-state index contributed by atoms with van der Waals surface area (Å²) >= 11 is 0. The zero-order valence-electron chi connectivity index (χ0n) is 7.93. The van der Waals surface area contributed by atoms with Crippen LogP contribution in [0.2, 0.25) is 0 Å². The molecule has 0 aromatic heterocycles. The molecule has 0 saturated carbocycles. The van der Waals surface area contributed by atoms with Gasteiger partial charge in [0.2, 0.25) is 0 Å². The molecule has 74 valence electrons. The number of aliphatic carboxylic acids is 1. The van der Waals surface area contributed by atoms with Crippen LogP contribution in [0.4, 0.5) is 0 Å². The average Bonchev–Trinajstić information content (AvgIpc) is 1.96. The number of carboxylic acid groups (broad SMARTS) is 1. The van der Waals surface area contributed by atoms with Gasteiger partial charge in [-0.3, -0.25) is 4.55 Å². The molecule has 0 aliphatic rings. The Balaban J connectivity index is 0. The molecule has 0 bridgehead atoms. The zero-order valence-corrected chi connectivity index (χ0v) is 10.7. The Hall–Kier alpha value is -0.140. The Bertz CT molecular complexity index is 343. The molecular weight excluding hydrogens is 219 g/mol. The molecule has 0 aliphatic heterocycles. The summed E-state index contributed by atoms with van der Waals surface area (Å²) in [5, 5.41) is 8.78. The first-order valence-corrected chi connectivity index (χ1v) is 4.78. The second-order valence-electron chi connectivity index (χ2n) is 2.35. The molecule has 7 heteroatoms. The Kier molecular flexibility index (Phi) is 7.41. The molecule has 0 heterocycles. The van der Waals surface area contributed by atoms with E-state index in [9.17, 15) is 18.3 Å². The summed E-state index contributed by atoms with van der Waals surface area (Å²) in [7, 11) is -4.33. The first kappa shape index (κ1) is 16.3. The summed E-state index contributed by atoms with van der Waals surface area (Å²) in [6, 6.07) is 0. The van der Waals surface area contributed by atoms with Gasteiger partial charge in [-0.2, -0.15) is 8.42 Å². The molecule has 0 rings (SSSR count). The van der Waals surface area contributed by atoms with Gasteiger partial charge in [-0.05, 0) is 12.5 Å². The number of hydrogen-bond donors (Lipinski definition) is 1. The third-order valence-corrected chi connectivity index (χ3v) is 2.33. The van der Waals surface area contributed by atoms with E-state index in [1.54, 1.807) is 0 Å². The standard InChI is InChI=1S/C7H10O5S.Na/c1-3-6(13(10,11)12)4-5(2)7(8)9;/h3-4,6H,1H2,2H3,(H,8,9)(H,10,11,12);/q;+1/p-1. The van der Waals surface area contributed by atoms with Gasteiger partial charge in [-0.15, -0.1) is 6.58 Å². The second-order valence-corrected chi connectivity index (χ2v) is 3.93. The van der Waals surface area contributed by atoms with Crippen molar-refractivity contribution >= 4 is 16.1 Å². The SMILES string of the molecule is C=CC(C=C(C)C(=O)[O-])S(=O)(=O)O.[Na+]. The van der Waals surface area contributed by atoms with E-state index in [1.165, 1.54) is 0 Å². The first-order chi connectivity index (χ1) is 5.79. The van der Waals surface area contributed by atoms with Crippen LogP contribution < -0.4 is 34.7 Å². The summed E-state index contributed by atoms with van der Waals surface area (Å²) in [4.78, 5) is 10.2. The molecule has 1 N–H and O–H groups in total. The summed E-state index contributed by atoms with van der Waals surface area (Å²) < 4.78 is 29.6. The van der Waals surface area contributed by atoms with E-state index in [2.05, 4.69) is 6.58 Å². The van der Waals surface area contributed by atoms with Crippen LogP contribution in [-0.4, -0.2) is 24.2 Å². The summed E-state index contributed by atoms with van der Waals surface area (Å²) in [6.45, 7) is 4.31. The minimum atomic E-state index is -4.33. The molecular formula is C7H9NaO5S. The number of carbonyl (C=O) groups is 1. The van der Waals surface area contributed by atoms with Crippen LogP contribution in [-0.2, 0) is 14.9 Å². The van der Waals surface area contributed by atoms with E-state index in [0.29, 0.717) is 0 Å². The maximum absolute atomic E-state index is 10.5. The van der Waals surface area contributed by atoms with Crippen molar-refractivity contribution in [3.05, 3.63) is 24.3 Å². The van der Waals surface area contributed by atoms with Crippen molar-refractivity contribution in [1.82, 2.24) is 0 Å². The van der Waals surface area contributed by atoms with E-state index < -0.39 is 21.3 Å². The van der Waals surface area contributed by atoms with E-state index in [1.807, 2.05) is 0 Å². The van der Waals surface area contributed by atoms with Crippen molar-refractivity contribution in [3.63, 3.8) is 0 Å². The first-order valence-electron chi connectivity index (χ1n) is 3.27. The molecule has 0 radical (unpaired) electrons. The topological polar surface area (TPSA) is 94.5 Å². The molecule has 1 unspecified atom stereocenters. The predicted octanol–water partition coefficient (Wildman–Crippen LogP) is -3.87. The van der Waals surface area contributed by atoms with Gasteiger partial charge in [0, 0.05) is 0 Å². The average molecular weight is 228 g/mol. The predicted molar refractivity (Wildman–Crippen MR) is 44.3 cm³/mol. The Morgan fingerprint density at radius 3 is 2.21 bits per heavy atom. The van der Waals surface area contributed by atoms with Crippen molar-refractivity contribution in [2.24, 2.45) is 0 Å². The van der Waals surface area contributed by atoms with Crippen LogP contribution in [0, 0.1) is 0 Å². The van der Waals surface area contributed by atoms with Gasteiger partial charge in [0.15, 0.2) is 0 Å². The Morgan fingerprint density at radius 2 is 2.00 bits per heavy atom. The third kappa shape index (κ3) is 5.56. The fraction of sp³-hybridized carbons (Fsp3) is 0.286. The van der Waals surface area contributed by atoms with Crippen molar-refractivity contribution < 1.29 is 52.4 Å². The number of carbonyl (C=O) groups excluding carboxylic acids is 1. The van der Waals surface area contributed by atoms with Gasteiger partial charge in [0.1, 0.15) is 5.25 Å². The Labute approximate surface area is 105 Å². The van der Waals surface area contributed by atoms with E-state index >= 15 is 0 Å². The molecule has 0 amide bonds. The van der Waals surface area contributed by atoms with Crippen LogP contribution in [0.1, 0.15) is 6.92 Å². The van der Waals surface area contributed by atoms with Crippen molar-refractivity contribution in [1.29, 1.82) is 0 Å². The van der Waals surface area contributed by atoms with Gasteiger partial charge >= 0.3 is 29.6 Å². The zero-order chi connectivity index (χ0) is 10.6. The van der Waals surface area contributed by atoms with Crippen LogP contribution in [0.3, 0.4) is 0 Å². The molecule has 5 nitrogen and oxygen atoms in total. The number of hydrogen-bond acceptors (Lipinski definition) is 4. The monoisotopic (exact) mass is 228 g/mol. The quantitative estimate of drug-likeness (QED) is 0.230. The third-order valence-electron chi connectivity index (χ3n) is 1.31. The molecule has 0 aliphatic carbocycles. The van der Waals surface area contributed by atoms with Gasteiger partial charge in [-0.1, -0.05) is 12.2 Å². The molecule has 0 aromatic rings. The van der Waals surface area contributed by atoms with Crippen molar-refractivity contribution in [2.45, 2.75) is 12.2 Å². The minimum absolute atomic E-state index is 0. The number of carboxylic acids is 1. The molecule has 0 fully saturated rings. The summed E-state index contributed by atoms with van der Waals surface area (Å²) in [5.74, 6) is -1.49. The summed E-state index contributed by atoms with van der Waals surface area (Å²) in [6.07, 6.45) is 1.76. The van der Waals surface area contributed by atoms with Gasteiger partial charge in [-0.25, -0.2) is 0 Å². The summed E-state index contributed by atoms with van der Waals surface area (Å²) in [5.41, 5.74) is -0.275. The van der Waals surface area contributed by atoms with Crippen LogP contribution in [0.25, 0.3) is 0 Å². The van der Waals surface area contributed by atoms with Crippen molar-refractivity contribution in [2.75, 3.05) is 0 Å². The molecule has 0 aromatic carbocycles. The van der Waals surface area contributed by atoms with Crippen LogP contribution in [0.5, 0.6) is 0 Å². The van der Waals surface area contributed by atoms with Crippen LogP contribution >= 0.6 is 0 Å². The van der Waals surface area contributed by atoms with E-state index in [-0.39, 0.29) is 35.1 Å². The molecule has 0 saturated heterocycles. The smallest absolute Gasteiger partial charge is 0.545 e.